The Hall–Kier alpha value is -0.650. The van der Waals surface area contributed by atoms with Gasteiger partial charge in [-0.15, -0.1) is 0 Å². The molecule has 0 bridgehead atoms. The minimum Gasteiger partial charge on any atom is -0.468 e. The van der Waals surface area contributed by atoms with Crippen molar-refractivity contribution in [3.05, 3.63) is 0 Å². The summed E-state index contributed by atoms with van der Waals surface area (Å²) in [6.45, 7) is 2.15. The summed E-state index contributed by atoms with van der Waals surface area (Å²) in [4.78, 5) is 13.8. The van der Waals surface area contributed by atoms with Crippen LogP contribution in [0.3, 0.4) is 0 Å². The fourth-order valence-corrected chi connectivity index (χ4v) is 2.71. The van der Waals surface area contributed by atoms with Gasteiger partial charge in [-0.25, -0.2) is 0 Å². The summed E-state index contributed by atoms with van der Waals surface area (Å²) in [6, 6.07) is 0.379. The van der Waals surface area contributed by atoms with Gasteiger partial charge in [-0.2, -0.15) is 0 Å². The first-order valence-electron chi connectivity index (χ1n) is 7.40. The van der Waals surface area contributed by atoms with E-state index in [1.807, 2.05) is 0 Å². The number of nitrogens with zero attached hydrogens (tertiary/aromatic N) is 1. The molecule has 0 amide bonds. The van der Waals surface area contributed by atoms with Gasteiger partial charge >= 0.3 is 5.97 Å². The lowest BCUT2D eigenvalue weighted by Gasteiger charge is -2.31. The van der Waals surface area contributed by atoms with Crippen molar-refractivity contribution in [1.29, 1.82) is 0 Å². The smallest absolute Gasteiger partial charge is 0.324 e. The lowest BCUT2D eigenvalue weighted by molar-refractivity contribution is -0.142. The molecule has 1 aliphatic carbocycles. The third-order valence-electron chi connectivity index (χ3n) is 4.00. The average Bonchev–Trinajstić information content (AvgIpc) is 2.47. The van der Waals surface area contributed by atoms with E-state index in [0.29, 0.717) is 0 Å². The molecule has 0 radical (unpaired) electrons. The molecule has 112 valence electrons. The van der Waals surface area contributed by atoms with Crippen molar-refractivity contribution < 1.29 is 9.53 Å². The zero-order chi connectivity index (χ0) is 14.1. The number of esters is 1. The van der Waals surface area contributed by atoms with Crippen molar-refractivity contribution in [3.8, 4) is 0 Å². The summed E-state index contributed by atoms with van der Waals surface area (Å²) < 4.78 is 4.68. The highest BCUT2D eigenvalue weighted by molar-refractivity contribution is 5.75. The fraction of sp³-hybridized carbons (Fsp3) is 0.929. The van der Waals surface area contributed by atoms with Gasteiger partial charge in [0, 0.05) is 12.6 Å². The number of hydrogen-bond donors (Lipinski definition) is 2. The van der Waals surface area contributed by atoms with Crippen LogP contribution >= 0.6 is 0 Å². The minimum absolute atomic E-state index is 0.275. The Labute approximate surface area is 116 Å². The van der Waals surface area contributed by atoms with Crippen LogP contribution in [0.2, 0.25) is 0 Å². The predicted octanol–water partition coefficient (Wildman–Crippen LogP) is 0.731. The van der Waals surface area contributed by atoms with E-state index in [0.717, 1.165) is 25.6 Å². The van der Waals surface area contributed by atoms with Gasteiger partial charge in [0.05, 0.1) is 7.11 Å². The van der Waals surface area contributed by atoms with Crippen LogP contribution in [0.5, 0.6) is 0 Å². The van der Waals surface area contributed by atoms with Gasteiger partial charge in [-0.1, -0.05) is 19.3 Å². The number of hydrogen-bond acceptors (Lipinski definition) is 5. The maximum atomic E-state index is 11.3. The molecule has 0 aromatic carbocycles. The van der Waals surface area contributed by atoms with Crippen LogP contribution in [0.15, 0.2) is 0 Å². The summed E-state index contributed by atoms with van der Waals surface area (Å²) in [7, 11) is 3.60. The highest BCUT2D eigenvalue weighted by Crippen LogP contribution is 2.21. The van der Waals surface area contributed by atoms with Crippen LogP contribution in [0.4, 0.5) is 0 Å². The number of ether oxygens (including phenoxy) is 1. The number of nitrogens with two attached hydrogens (primary N) is 1. The Morgan fingerprint density at radius 1 is 1.42 bits per heavy atom. The molecule has 5 heteroatoms. The summed E-state index contributed by atoms with van der Waals surface area (Å²) in [5, 5.41) is 3.15. The standard InChI is InChI=1S/C14H29N3O2/c1-17(12-7-4-3-5-8-12)10-6-9-16-13(11-15)14(18)19-2/h12-13,16H,3-11,15H2,1-2H3. The normalized spacial score (nSPS) is 18.5. The largest absolute Gasteiger partial charge is 0.468 e. The molecule has 1 rings (SSSR count). The van der Waals surface area contributed by atoms with Crippen molar-refractivity contribution in [1.82, 2.24) is 10.2 Å². The number of carbonyl (C=O) groups is 1. The summed E-state index contributed by atoms with van der Waals surface area (Å²) in [6.07, 6.45) is 7.81. The third-order valence-corrected chi connectivity index (χ3v) is 4.00. The SMILES string of the molecule is COC(=O)C(CN)NCCCN(C)C1CCCCC1. The van der Waals surface area contributed by atoms with E-state index in [-0.39, 0.29) is 18.6 Å². The Kier molecular flexibility index (Phi) is 8.02. The Bertz CT molecular complexity index is 255. The monoisotopic (exact) mass is 271 g/mol. The number of rotatable bonds is 8. The first-order chi connectivity index (χ1) is 9.19. The second-order valence-electron chi connectivity index (χ2n) is 5.39. The van der Waals surface area contributed by atoms with Crippen molar-refractivity contribution >= 4 is 5.97 Å². The molecule has 1 fully saturated rings. The quantitative estimate of drug-likeness (QED) is 0.503. The number of nitrogens with one attached hydrogen (secondary N) is 1. The van der Waals surface area contributed by atoms with Crippen LogP contribution in [0, 0.1) is 0 Å². The first kappa shape index (κ1) is 16.4. The highest BCUT2D eigenvalue weighted by Gasteiger charge is 2.18. The van der Waals surface area contributed by atoms with E-state index in [4.69, 9.17) is 5.73 Å². The van der Waals surface area contributed by atoms with Gasteiger partial charge in [0.1, 0.15) is 6.04 Å². The minimum atomic E-state index is -0.370. The van der Waals surface area contributed by atoms with E-state index in [2.05, 4.69) is 22.0 Å². The van der Waals surface area contributed by atoms with Gasteiger partial charge in [-0.05, 0) is 39.4 Å². The Morgan fingerprint density at radius 2 is 2.11 bits per heavy atom. The van der Waals surface area contributed by atoms with E-state index in [9.17, 15) is 4.79 Å². The molecule has 19 heavy (non-hydrogen) atoms. The molecule has 0 aliphatic heterocycles. The first-order valence-corrected chi connectivity index (χ1v) is 7.40. The maximum Gasteiger partial charge on any atom is 0.324 e. The zero-order valence-corrected chi connectivity index (χ0v) is 12.4. The molecule has 3 N–H and O–H groups in total. The van der Waals surface area contributed by atoms with Gasteiger partial charge in [0.25, 0.3) is 0 Å². The van der Waals surface area contributed by atoms with E-state index >= 15 is 0 Å². The molecule has 0 heterocycles. The van der Waals surface area contributed by atoms with Crippen LogP contribution < -0.4 is 11.1 Å². The van der Waals surface area contributed by atoms with Crippen LogP contribution in [0.25, 0.3) is 0 Å². The van der Waals surface area contributed by atoms with E-state index in [1.165, 1.54) is 39.2 Å². The van der Waals surface area contributed by atoms with Crippen molar-refractivity contribution in [2.24, 2.45) is 5.73 Å². The summed E-state index contributed by atoms with van der Waals surface area (Å²) in [5.41, 5.74) is 5.53. The zero-order valence-electron chi connectivity index (χ0n) is 12.4. The molecular weight excluding hydrogens is 242 g/mol. The maximum absolute atomic E-state index is 11.3. The van der Waals surface area contributed by atoms with Crippen molar-refractivity contribution in [2.75, 3.05) is 33.8 Å². The molecule has 0 aromatic heterocycles. The summed E-state index contributed by atoms with van der Waals surface area (Å²) in [5.74, 6) is -0.275. The van der Waals surface area contributed by atoms with E-state index in [1.54, 1.807) is 0 Å². The lowest BCUT2D eigenvalue weighted by Crippen LogP contribution is -2.44. The predicted molar refractivity (Wildman–Crippen MR) is 77.0 cm³/mol. The van der Waals surface area contributed by atoms with Crippen LogP contribution in [-0.4, -0.2) is 56.7 Å². The molecule has 0 saturated heterocycles. The Balaban J connectivity index is 2.13. The van der Waals surface area contributed by atoms with Gasteiger partial charge < -0.3 is 20.7 Å². The number of carbonyl (C=O) groups excluding carboxylic acids is 1. The third kappa shape index (κ3) is 5.89. The second-order valence-corrected chi connectivity index (χ2v) is 5.39. The van der Waals surface area contributed by atoms with Gasteiger partial charge in [0.2, 0.25) is 0 Å². The molecule has 0 aromatic rings. The van der Waals surface area contributed by atoms with Gasteiger partial charge in [0.15, 0.2) is 0 Å². The molecule has 0 spiro atoms. The lowest BCUT2D eigenvalue weighted by atomic mass is 9.94. The molecule has 1 atom stereocenters. The molecule has 5 nitrogen and oxygen atoms in total. The van der Waals surface area contributed by atoms with Gasteiger partial charge in [-0.3, -0.25) is 4.79 Å². The molecule has 1 saturated carbocycles. The van der Waals surface area contributed by atoms with Crippen LogP contribution in [0.1, 0.15) is 38.5 Å². The average molecular weight is 271 g/mol. The molecular formula is C14H29N3O2. The highest BCUT2D eigenvalue weighted by atomic mass is 16.5. The van der Waals surface area contributed by atoms with Crippen LogP contribution in [-0.2, 0) is 9.53 Å². The summed E-state index contributed by atoms with van der Waals surface area (Å²) >= 11 is 0. The van der Waals surface area contributed by atoms with Crippen molar-refractivity contribution in [3.63, 3.8) is 0 Å². The second kappa shape index (κ2) is 9.28. The topological polar surface area (TPSA) is 67.6 Å². The fourth-order valence-electron chi connectivity index (χ4n) is 2.71. The van der Waals surface area contributed by atoms with Crippen molar-refractivity contribution in [2.45, 2.75) is 50.6 Å². The van der Waals surface area contributed by atoms with E-state index < -0.39 is 0 Å². The number of methoxy groups -OCH3 is 1. The molecule has 1 aliphatic rings. The Morgan fingerprint density at radius 3 is 2.68 bits per heavy atom. The molecule has 1 unspecified atom stereocenters.